The molecule has 2 rings (SSSR count). The Morgan fingerprint density at radius 1 is 1.31 bits per heavy atom. The van der Waals surface area contributed by atoms with Gasteiger partial charge in [-0.25, -0.2) is 15.0 Å². The molecule has 5 heteroatoms. The number of hydrogen-bond acceptors (Lipinski definition) is 4. The smallest absolute Gasteiger partial charge is 0.224 e. The van der Waals surface area contributed by atoms with Crippen LogP contribution in [-0.2, 0) is 0 Å². The highest BCUT2D eigenvalue weighted by Crippen LogP contribution is 2.18. The quantitative estimate of drug-likeness (QED) is 0.695. The zero-order valence-corrected chi connectivity index (χ0v) is 7.78. The van der Waals surface area contributed by atoms with E-state index in [1.165, 1.54) is 6.33 Å². The fourth-order valence-electron chi connectivity index (χ4n) is 1.04. The third-order valence-corrected chi connectivity index (χ3v) is 1.59. The maximum atomic E-state index is 5.04. The van der Waals surface area contributed by atoms with Crippen LogP contribution in [0.15, 0.2) is 24.8 Å². The van der Waals surface area contributed by atoms with Gasteiger partial charge in [-0.15, -0.1) is 12.4 Å². The number of hydrogen-bond donors (Lipinski definition) is 0. The molecule has 0 radical (unpaired) electrons. The van der Waals surface area contributed by atoms with Gasteiger partial charge in [-0.3, -0.25) is 0 Å². The van der Waals surface area contributed by atoms with Crippen molar-refractivity contribution in [1.82, 2.24) is 15.0 Å². The van der Waals surface area contributed by atoms with Crippen molar-refractivity contribution in [3.05, 3.63) is 24.8 Å². The van der Waals surface area contributed by atoms with Crippen LogP contribution < -0.4 is 4.74 Å². The molecule has 2 aromatic rings. The molecule has 0 aliphatic heterocycles. The number of nitrogens with zero attached hydrogens (tertiary/aromatic N) is 3. The Labute approximate surface area is 81.4 Å². The van der Waals surface area contributed by atoms with Crippen LogP contribution in [0.25, 0.3) is 10.9 Å². The Hall–Kier alpha value is -1.42. The largest absolute Gasteiger partial charge is 0.480 e. The van der Waals surface area contributed by atoms with Gasteiger partial charge in [0.2, 0.25) is 5.88 Å². The third kappa shape index (κ3) is 1.67. The predicted octanol–water partition coefficient (Wildman–Crippen LogP) is 1.46. The summed E-state index contributed by atoms with van der Waals surface area (Å²) in [5.74, 6) is 0.563. The number of methoxy groups -OCH3 is 1. The van der Waals surface area contributed by atoms with E-state index < -0.39 is 0 Å². The van der Waals surface area contributed by atoms with E-state index in [1.54, 1.807) is 19.5 Å². The van der Waals surface area contributed by atoms with Crippen molar-refractivity contribution in [1.29, 1.82) is 0 Å². The van der Waals surface area contributed by atoms with Gasteiger partial charge in [0, 0.05) is 12.4 Å². The summed E-state index contributed by atoms with van der Waals surface area (Å²) >= 11 is 0. The summed E-state index contributed by atoms with van der Waals surface area (Å²) in [4.78, 5) is 12.0. The van der Waals surface area contributed by atoms with Gasteiger partial charge in [0.15, 0.2) is 0 Å². The molecule has 68 valence electrons. The molecule has 0 atom stereocenters. The SMILES string of the molecule is COc1nccc2ncncc12.Cl. The van der Waals surface area contributed by atoms with Crippen molar-refractivity contribution >= 4 is 23.3 Å². The zero-order chi connectivity index (χ0) is 8.39. The standard InChI is InChI=1S/C8H7N3O.ClH/c1-12-8-6-4-9-5-11-7(6)2-3-10-8;/h2-5H,1H3;1H. The first-order valence-electron chi connectivity index (χ1n) is 3.50. The minimum absolute atomic E-state index is 0. The van der Waals surface area contributed by atoms with Gasteiger partial charge in [-0.2, -0.15) is 0 Å². The molecule has 0 bridgehead atoms. The first-order valence-corrected chi connectivity index (χ1v) is 3.50. The second-order valence-corrected chi connectivity index (χ2v) is 2.28. The van der Waals surface area contributed by atoms with Crippen molar-refractivity contribution in [2.24, 2.45) is 0 Å². The van der Waals surface area contributed by atoms with E-state index in [4.69, 9.17) is 4.74 Å². The molecule has 0 N–H and O–H groups in total. The van der Waals surface area contributed by atoms with Gasteiger partial charge >= 0.3 is 0 Å². The second kappa shape index (κ2) is 4.00. The van der Waals surface area contributed by atoms with Gasteiger partial charge in [0.1, 0.15) is 6.33 Å². The average Bonchev–Trinajstić information content (AvgIpc) is 2.17. The number of pyridine rings is 1. The molecular weight excluding hydrogens is 190 g/mol. The van der Waals surface area contributed by atoms with E-state index in [9.17, 15) is 0 Å². The summed E-state index contributed by atoms with van der Waals surface area (Å²) < 4.78 is 5.04. The Morgan fingerprint density at radius 2 is 2.15 bits per heavy atom. The Morgan fingerprint density at radius 3 is 2.92 bits per heavy atom. The topological polar surface area (TPSA) is 47.9 Å². The third-order valence-electron chi connectivity index (χ3n) is 1.59. The molecule has 0 spiro atoms. The second-order valence-electron chi connectivity index (χ2n) is 2.28. The molecule has 0 fully saturated rings. The van der Waals surface area contributed by atoms with Crippen LogP contribution in [-0.4, -0.2) is 22.1 Å². The van der Waals surface area contributed by atoms with Crippen molar-refractivity contribution in [3.63, 3.8) is 0 Å². The van der Waals surface area contributed by atoms with Gasteiger partial charge in [0.05, 0.1) is 18.0 Å². The maximum absolute atomic E-state index is 5.04. The van der Waals surface area contributed by atoms with Crippen LogP contribution in [0, 0.1) is 0 Å². The lowest BCUT2D eigenvalue weighted by Gasteiger charge is -2.00. The number of fused-ring (bicyclic) bond motifs is 1. The molecule has 0 saturated heterocycles. The van der Waals surface area contributed by atoms with Crippen molar-refractivity contribution in [2.75, 3.05) is 7.11 Å². The lowest BCUT2D eigenvalue weighted by Crippen LogP contribution is -1.90. The van der Waals surface area contributed by atoms with E-state index in [2.05, 4.69) is 15.0 Å². The fraction of sp³-hybridized carbons (Fsp3) is 0.125. The van der Waals surface area contributed by atoms with Crippen LogP contribution in [0.5, 0.6) is 5.88 Å². The molecular formula is C8H8ClN3O. The summed E-state index contributed by atoms with van der Waals surface area (Å²) in [5, 5.41) is 0.836. The highest BCUT2D eigenvalue weighted by atomic mass is 35.5. The fourth-order valence-corrected chi connectivity index (χ4v) is 1.04. The normalized spacial score (nSPS) is 9.31. The molecule has 13 heavy (non-hydrogen) atoms. The minimum Gasteiger partial charge on any atom is -0.480 e. The van der Waals surface area contributed by atoms with Crippen LogP contribution in [0.3, 0.4) is 0 Å². The monoisotopic (exact) mass is 197 g/mol. The lowest BCUT2D eigenvalue weighted by atomic mass is 10.3. The van der Waals surface area contributed by atoms with Crippen LogP contribution >= 0.6 is 12.4 Å². The van der Waals surface area contributed by atoms with Crippen LogP contribution in [0.4, 0.5) is 0 Å². The summed E-state index contributed by atoms with van der Waals surface area (Å²) in [6, 6.07) is 1.82. The van der Waals surface area contributed by atoms with Crippen molar-refractivity contribution in [3.8, 4) is 5.88 Å². The molecule has 2 heterocycles. The summed E-state index contributed by atoms with van der Waals surface area (Å²) in [7, 11) is 1.58. The summed E-state index contributed by atoms with van der Waals surface area (Å²) in [5.41, 5.74) is 0.844. The minimum atomic E-state index is 0. The molecule has 0 amide bonds. The van der Waals surface area contributed by atoms with Crippen molar-refractivity contribution in [2.45, 2.75) is 0 Å². The van der Waals surface area contributed by atoms with E-state index in [1.807, 2.05) is 6.07 Å². The zero-order valence-electron chi connectivity index (χ0n) is 6.97. The van der Waals surface area contributed by atoms with Gasteiger partial charge in [-0.05, 0) is 6.07 Å². The maximum Gasteiger partial charge on any atom is 0.224 e. The van der Waals surface area contributed by atoms with Gasteiger partial charge < -0.3 is 4.74 Å². The Balaban J connectivity index is 0.000000845. The molecule has 0 aromatic carbocycles. The van der Waals surface area contributed by atoms with Crippen LogP contribution in [0.2, 0.25) is 0 Å². The summed E-state index contributed by atoms with van der Waals surface area (Å²) in [6.45, 7) is 0. The highest BCUT2D eigenvalue weighted by Gasteiger charge is 2.00. The van der Waals surface area contributed by atoms with E-state index in [0.717, 1.165) is 10.9 Å². The number of ether oxygens (including phenoxy) is 1. The van der Waals surface area contributed by atoms with Gasteiger partial charge in [0.25, 0.3) is 0 Å². The van der Waals surface area contributed by atoms with Crippen molar-refractivity contribution < 1.29 is 4.74 Å². The average molecular weight is 198 g/mol. The summed E-state index contributed by atoms with van der Waals surface area (Å²) in [6.07, 6.45) is 4.85. The van der Waals surface area contributed by atoms with E-state index >= 15 is 0 Å². The number of rotatable bonds is 1. The molecule has 2 aromatic heterocycles. The number of halogens is 1. The molecule has 4 nitrogen and oxygen atoms in total. The molecule has 0 unspecified atom stereocenters. The molecule has 0 aliphatic rings. The van der Waals surface area contributed by atoms with Gasteiger partial charge in [-0.1, -0.05) is 0 Å². The first kappa shape index (κ1) is 9.67. The first-order chi connectivity index (χ1) is 5.92. The Kier molecular flexibility index (Phi) is 2.97. The Bertz CT molecular complexity index is 402. The van der Waals surface area contributed by atoms with E-state index in [-0.39, 0.29) is 12.4 Å². The van der Waals surface area contributed by atoms with Crippen LogP contribution in [0.1, 0.15) is 0 Å². The number of aromatic nitrogens is 3. The predicted molar refractivity (Wildman–Crippen MR) is 51.1 cm³/mol. The molecule has 0 aliphatic carbocycles. The highest BCUT2D eigenvalue weighted by molar-refractivity contribution is 5.85. The lowest BCUT2D eigenvalue weighted by molar-refractivity contribution is 0.403. The molecule has 0 saturated carbocycles. The van der Waals surface area contributed by atoms with E-state index in [0.29, 0.717) is 5.88 Å².